The standard InChI is InChI=1S/C12H15N3O4/c13-7-12(4-1-5-12)11(17)14-9-3-2-8(16)6-10(9)15(18)19/h2-3,6,16H,1,4-5,7,13H2,(H,14,17). The van der Waals surface area contributed by atoms with Gasteiger partial charge in [-0.05, 0) is 25.0 Å². The monoisotopic (exact) mass is 265 g/mol. The van der Waals surface area contributed by atoms with Crippen molar-refractivity contribution in [3.63, 3.8) is 0 Å². The van der Waals surface area contributed by atoms with Gasteiger partial charge in [-0.25, -0.2) is 0 Å². The second kappa shape index (κ2) is 4.85. The van der Waals surface area contributed by atoms with E-state index in [1.165, 1.54) is 12.1 Å². The molecule has 0 unspecified atom stereocenters. The van der Waals surface area contributed by atoms with E-state index in [0.29, 0.717) is 12.8 Å². The van der Waals surface area contributed by atoms with Crippen molar-refractivity contribution in [1.29, 1.82) is 0 Å². The van der Waals surface area contributed by atoms with Gasteiger partial charge in [-0.1, -0.05) is 6.42 Å². The van der Waals surface area contributed by atoms with Crippen molar-refractivity contribution in [2.75, 3.05) is 11.9 Å². The molecule has 0 radical (unpaired) electrons. The molecule has 0 atom stereocenters. The Balaban J connectivity index is 2.24. The third-order valence-corrected chi connectivity index (χ3v) is 3.61. The lowest BCUT2D eigenvalue weighted by Gasteiger charge is -2.38. The van der Waals surface area contributed by atoms with Crippen LogP contribution in [-0.4, -0.2) is 22.5 Å². The van der Waals surface area contributed by atoms with E-state index in [4.69, 9.17) is 5.73 Å². The number of amides is 1. The third-order valence-electron chi connectivity index (χ3n) is 3.61. The van der Waals surface area contributed by atoms with Gasteiger partial charge in [0.15, 0.2) is 0 Å². The van der Waals surface area contributed by atoms with Crippen molar-refractivity contribution in [2.24, 2.45) is 11.1 Å². The van der Waals surface area contributed by atoms with Gasteiger partial charge in [0.25, 0.3) is 5.69 Å². The van der Waals surface area contributed by atoms with Crippen molar-refractivity contribution >= 4 is 17.3 Å². The summed E-state index contributed by atoms with van der Waals surface area (Å²) in [5, 5.41) is 22.7. The fraction of sp³-hybridized carbons (Fsp3) is 0.417. The summed E-state index contributed by atoms with van der Waals surface area (Å²) in [6.07, 6.45) is 2.32. The maximum absolute atomic E-state index is 12.1. The van der Waals surface area contributed by atoms with E-state index in [1.54, 1.807) is 0 Å². The first-order chi connectivity index (χ1) is 8.98. The number of benzene rings is 1. The Morgan fingerprint density at radius 1 is 1.53 bits per heavy atom. The minimum atomic E-state index is -0.648. The summed E-state index contributed by atoms with van der Waals surface area (Å²) in [6, 6.07) is 3.61. The Morgan fingerprint density at radius 2 is 2.21 bits per heavy atom. The van der Waals surface area contributed by atoms with Crippen molar-refractivity contribution in [2.45, 2.75) is 19.3 Å². The lowest BCUT2D eigenvalue weighted by atomic mass is 9.68. The van der Waals surface area contributed by atoms with Gasteiger partial charge in [0.2, 0.25) is 5.91 Å². The molecule has 0 aliphatic heterocycles. The smallest absolute Gasteiger partial charge is 0.296 e. The van der Waals surface area contributed by atoms with Gasteiger partial charge >= 0.3 is 0 Å². The zero-order chi connectivity index (χ0) is 14.0. The normalized spacial score (nSPS) is 16.5. The predicted octanol–water partition coefficient (Wildman–Crippen LogP) is 1.37. The maximum Gasteiger partial charge on any atom is 0.296 e. The number of nitrogens with two attached hydrogens (primary N) is 1. The Kier molecular flexibility index (Phi) is 3.39. The summed E-state index contributed by atoms with van der Waals surface area (Å²) in [7, 11) is 0. The Bertz CT molecular complexity index is 520. The van der Waals surface area contributed by atoms with Gasteiger partial charge in [-0.2, -0.15) is 0 Å². The summed E-state index contributed by atoms with van der Waals surface area (Å²) in [4.78, 5) is 22.4. The Labute approximate surface area is 109 Å². The van der Waals surface area contributed by atoms with Crippen LogP contribution in [0.2, 0.25) is 0 Å². The highest BCUT2D eigenvalue weighted by Gasteiger charge is 2.43. The fourth-order valence-corrected chi connectivity index (χ4v) is 2.16. The highest BCUT2D eigenvalue weighted by Crippen LogP contribution is 2.41. The number of hydrogen-bond acceptors (Lipinski definition) is 5. The highest BCUT2D eigenvalue weighted by atomic mass is 16.6. The van der Waals surface area contributed by atoms with E-state index in [9.17, 15) is 20.0 Å². The first-order valence-electron chi connectivity index (χ1n) is 5.97. The number of carbonyl (C=O) groups is 1. The Hall–Kier alpha value is -2.15. The largest absolute Gasteiger partial charge is 0.508 e. The summed E-state index contributed by atoms with van der Waals surface area (Å²) in [6.45, 7) is 0.227. The summed E-state index contributed by atoms with van der Waals surface area (Å²) in [5.74, 6) is -0.517. The summed E-state index contributed by atoms with van der Waals surface area (Å²) < 4.78 is 0. The summed E-state index contributed by atoms with van der Waals surface area (Å²) >= 11 is 0. The molecule has 1 aliphatic rings. The average molecular weight is 265 g/mol. The number of nitrogens with one attached hydrogen (secondary N) is 1. The molecule has 7 nitrogen and oxygen atoms in total. The molecule has 0 bridgehead atoms. The van der Waals surface area contributed by atoms with Gasteiger partial charge in [-0.3, -0.25) is 14.9 Å². The van der Waals surface area contributed by atoms with Crippen LogP contribution in [0, 0.1) is 15.5 Å². The van der Waals surface area contributed by atoms with Crippen LogP contribution in [-0.2, 0) is 4.79 Å². The molecule has 1 aromatic rings. The van der Waals surface area contributed by atoms with Gasteiger partial charge < -0.3 is 16.2 Å². The van der Waals surface area contributed by atoms with Crippen molar-refractivity contribution in [1.82, 2.24) is 0 Å². The van der Waals surface area contributed by atoms with E-state index in [2.05, 4.69) is 5.32 Å². The Morgan fingerprint density at radius 3 is 2.68 bits per heavy atom. The summed E-state index contributed by atoms with van der Waals surface area (Å²) in [5.41, 5.74) is 4.75. The average Bonchev–Trinajstić information content (AvgIpc) is 2.30. The molecular weight excluding hydrogens is 250 g/mol. The molecule has 4 N–H and O–H groups in total. The first kappa shape index (κ1) is 13.3. The molecule has 1 aromatic carbocycles. The SMILES string of the molecule is NCC1(C(=O)Nc2ccc(O)cc2[N+](=O)[O-])CCC1. The van der Waals surface area contributed by atoms with Crippen LogP contribution in [0.25, 0.3) is 0 Å². The second-order valence-corrected chi connectivity index (χ2v) is 4.75. The number of anilines is 1. The van der Waals surface area contributed by atoms with Crippen LogP contribution in [0.4, 0.5) is 11.4 Å². The lowest BCUT2D eigenvalue weighted by Crippen LogP contribution is -2.47. The van der Waals surface area contributed by atoms with E-state index in [1.807, 2.05) is 0 Å². The van der Waals surface area contributed by atoms with E-state index < -0.39 is 10.3 Å². The molecule has 1 amide bonds. The number of phenols is 1. The zero-order valence-corrected chi connectivity index (χ0v) is 10.3. The van der Waals surface area contributed by atoms with Crippen LogP contribution in [0.1, 0.15) is 19.3 Å². The molecule has 1 aliphatic carbocycles. The number of rotatable bonds is 4. The minimum absolute atomic E-state index is 0.0764. The molecule has 0 spiro atoms. The van der Waals surface area contributed by atoms with Gasteiger partial charge in [-0.15, -0.1) is 0 Å². The maximum atomic E-state index is 12.1. The molecule has 7 heteroatoms. The topological polar surface area (TPSA) is 118 Å². The number of phenolic OH excluding ortho intramolecular Hbond substituents is 1. The second-order valence-electron chi connectivity index (χ2n) is 4.75. The molecule has 2 rings (SSSR count). The van der Waals surface area contributed by atoms with Gasteiger partial charge in [0.1, 0.15) is 11.4 Å². The highest BCUT2D eigenvalue weighted by molar-refractivity contribution is 5.98. The number of nitrogens with zero attached hydrogens (tertiary/aromatic N) is 1. The number of hydrogen-bond donors (Lipinski definition) is 3. The minimum Gasteiger partial charge on any atom is -0.508 e. The third kappa shape index (κ3) is 2.37. The van der Waals surface area contributed by atoms with E-state index in [0.717, 1.165) is 12.5 Å². The lowest BCUT2D eigenvalue weighted by molar-refractivity contribution is -0.384. The number of nitro groups is 1. The molecule has 0 aromatic heterocycles. The molecule has 0 heterocycles. The van der Waals surface area contributed by atoms with Crippen LogP contribution in [0.3, 0.4) is 0 Å². The van der Waals surface area contributed by atoms with E-state index >= 15 is 0 Å². The van der Waals surface area contributed by atoms with Crippen LogP contribution in [0.5, 0.6) is 5.75 Å². The first-order valence-corrected chi connectivity index (χ1v) is 5.97. The van der Waals surface area contributed by atoms with Gasteiger partial charge in [0, 0.05) is 6.54 Å². The molecular formula is C12H15N3O4. The number of aromatic hydroxyl groups is 1. The van der Waals surface area contributed by atoms with Crippen molar-refractivity contribution in [3.8, 4) is 5.75 Å². The molecule has 0 saturated heterocycles. The van der Waals surface area contributed by atoms with E-state index in [-0.39, 0.29) is 29.6 Å². The quantitative estimate of drug-likeness (QED) is 0.431. The fourth-order valence-electron chi connectivity index (χ4n) is 2.16. The van der Waals surface area contributed by atoms with Crippen molar-refractivity contribution < 1.29 is 14.8 Å². The molecule has 19 heavy (non-hydrogen) atoms. The zero-order valence-electron chi connectivity index (χ0n) is 10.3. The number of carbonyl (C=O) groups excluding carboxylic acids is 1. The molecule has 1 fully saturated rings. The molecule has 1 saturated carbocycles. The van der Waals surface area contributed by atoms with Gasteiger partial charge in [0.05, 0.1) is 16.4 Å². The van der Waals surface area contributed by atoms with Crippen LogP contribution >= 0.6 is 0 Å². The van der Waals surface area contributed by atoms with Crippen LogP contribution in [0.15, 0.2) is 18.2 Å². The van der Waals surface area contributed by atoms with Crippen molar-refractivity contribution in [3.05, 3.63) is 28.3 Å². The molecule has 102 valence electrons. The predicted molar refractivity (Wildman–Crippen MR) is 68.7 cm³/mol. The number of nitro benzene ring substituents is 1. The van der Waals surface area contributed by atoms with Crippen LogP contribution < -0.4 is 11.1 Å².